The van der Waals surface area contributed by atoms with Gasteiger partial charge in [0.15, 0.2) is 5.82 Å². The highest BCUT2D eigenvalue weighted by Gasteiger charge is 2.35. The van der Waals surface area contributed by atoms with E-state index in [1.165, 1.54) is 0 Å². The molecule has 5 rings (SSSR count). The molecule has 0 spiro atoms. The van der Waals surface area contributed by atoms with Gasteiger partial charge in [-0.1, -0.05) is 6.92 Å². The molecule has 3 aromatic rings. The first-order valence-electron chi connectivity index (χ1n) is 10.5. The molecule has 1 aliphatic carbocycles. The van der Waals surface area contributed by atoms with Crippen molar-refractivity contribution in [3.05, 3.63) is 52.8 Å². The predicted octanol–water partition coefficient (Wildman–Crippen LogP) is 3.24. The number of aromatic nitrogens is 4. The summed E-state index contributed by atoms with van der Waals surface area (Å²) in [5.41, 5.74) is 4.96. The van der Waals surface area contributed by atoms with Crippen molar-refractivity contribution >= 4 is 11.8 Å². The van der Waals surface area contributed by atoms with E-state index in [1.807, 2.05) is 36.7 Å². The van der Waals surface area contributed by atoms with Crippen molar-refractivity contribution in [1.82, 2.24) is 19.7 Å². The van der Waals surface area contributed by atoms with E-state index in [-0.39, 0.29) is 18.1 Å². The van der Waals surface area contributed by atoms with Gasteiger partial charge >= 0.3 is 0 Å². The van der Waals surface area contributed by atoms with Gasteiger partial charge in [-0.15, -0.1) is 0 Å². The summed E-state index contributed by atoms with van der Waals surface area (Å²) in [6.07, 6.45) is 3.33. The fraction of sp³-hybridized carbons (Fsp3) is 0.391. The molecule has 1 aliphatic heterocycles. The van der Waals surface area contributed by atoms with Crippen LogP contribution in [0.5, 0.6) is 0 Å². The summed E-state index contributed by atoms with van der Waals surface area (Å²) < 4.78 is 7.61. The molecule has 0 saturated carbocycles. The van der Waals surface area contributed by atoms with Crippen LogP contribution in [-0.4, -0.2) is 38.1 Å². The molecule has 0 amide bonds. The number of rotatable bonds is 4. The maximum absolute atomic E-state index is 9.96. The standard InChI is InChI=1S/C23H24N6O2/c1-14-20-11-21(28-29(20)7-8-31-14)27-22-25-6-4-19(26-22)15-9-16(12-24)17-3-5-23(2,13-30)18(17)10-15/h4,6,9-11,14,30H,3,5,7-8,13H2,1-2H3,(H,25,26,27,28). The van der Waals surface area contributed by atoms with Crippen molar-refractivity contribution in [3.63, 3.8) is 0 Å². The molecule has 158 valence electrons. The zero-order valence-corrected chi connectivity index (χ0v) is 17.6. The van der Waals surface area contributed by atoms with Crippen LogP contribution in [0.4, 0.5) is 11.8 Å². The van der Waals surface area contributed by atoms with Gasteiger partial charge in [0.25, 0.3) is 0 Å². The smallest absolute Gasteiger partial charge is 0.228 e. The quantitative estimate of drug-likeness (QED) is 0.672. The van der Waals surface area contributed by atoms with Gasteiger partial charge in [0, 0.05) is 23.2 Å². The summed E-state index contributed by atoms with van der Waals surface area (Å²) in [4.78, 5) is 9.00. The minimum Gasteiger partial charge on any atom is -0.395 e. The lowest BCUT2D eigenvalue weighted by atomic mass is 9.83. The molecule has 2 N–H and O–H groups in total. The molecule has 2 unspecified atom stereocenters. The summed E-state index contributed by atoms with van der Waals surface area (Å²) in [6.45, 7) is 5.47. The van der Waals surface area contributed by atoms with Crippen molar-refractivity contribution in [3.8, 4) is 17.3 Å². The number of aliphatic hydroxyl groups is 1. The molecule has 2 aromatic heterocycles. The predicted molar refractivity (Wildman–Crippen MR) is 115 cm³/mol. The van der Waals surface area contributed by atoms with Gasteiger partial charge in [0.1, 0.15) is 0 Å². The number of aliphatic hydroxyl groups excluding tert-OH is 1. The molecule has 0 saturated heterocycles. The largest absolute Gasteiger partial charge is 0.395 e. The van der Waals surface area contributed by atoms with Crippen molar-refractivity contribution < 1.29 is 9.84 Å². The number of nitrogens with zero attached hydrogens (tertiary/aromatic N) is 5. The van der Waals surface area contributed by atoms with Crippen molar-refractivity contribution in [2.45, 2.75) is 44.8 Å². The summed E-state index contributed by atoms with van der Waals surface area (Å²) in [7, 11) is 0. The van der Waals surface area contributed by atoms with Gasteiger partial charge in [-0.2, -0.15) is 10.4 Å². The van der Waals surface area contributed by atoms with Crippen LogP contribution in [-0.2, 0) is 23.1 Å². The van der Waals surface area contributed by atoms with Crippen LogP contribution < -0.4 is 5.32 Å². The number of benzene rings is 1. The van der Waals surface area contributed by atoms with Gasteiger partial charge in [0.05, 0.1) is 48.9 Å². The normalized spacial score (nSPS) is 21.9. The summed E-state index contributed by atoms with van der Waals surface area (Å²) >= 11 is 0. The third-order valence-corrected chi connectivity index (χ3v) is 6.39. The van der Waals surface area contributed by atoms with E-state index in [0.29, 0.717) is 29.6 Å². The van der Waals surface area contributed by atoms with E-state index < -0.39 is 0 Å². The molecule has 0 radical (unpaired) electrons. The molecule has 2 aliphatic rings. The lowest BCUT2D eigenvalue weighted by molar-refractivity contribution is 0.0289. The molecule has 2 atom stereocenters. The summed E-state index contributed by atoms with van der Waals surface area (Å²) in [5, 5.41) is 27.4. The van der Waals surface area contributed by atoms with Gasteiger partial charge in [-0.05, 0) is 49.1 Å². The third-order valence-electron chi connectivity index (χ3n) is 6.39. The van der Waals surface area contributed by atoms with E-state index in [1.54, 1.807) is 6.20 Å². The molecule has 1 aromatic carbocycles. The number of nitrogens with one attached hydrogen (secondary N) is 1. The average Bonchev–Trinajstić information content (AvgIpc) is 3.35. The lowest BCUT2D eigenvalue weighted by Crippen LogP contribution is -2.23. The first kappa shape index (κ1) is 19.7. The Morgan fingerprint density at radius 1 is 1.39 bits per heavy atom. The van der Waals surface area contributed by atoms with Crippen LogP contribution in [0.25, 0.3) is 11.3 Å². The van der Waals surface area contributed by atoms with Crippen LogP contribution in [0.3, 0.4) is 0 Å². The highest BCUT2D eigenvalue weighted by atomic mass is 16.5. The number of fused-ring (bicyclic) bond motifs is 2. The monoisotopic (exact) mass is 416 g/mol. The second-order valence-corrected chi connectivity index (χ2v) is 8.46. The Balaban J connectivity index is 1.49. The van der Waals surface area contributed by atoms with E-state index in [9.17, 15) is 10.4 Å². The molecule has 0 bridgehead atoms. The van der Waals surface area contributed by atoms with Gasteiger partial charge in [-0.3, -0.25) is 4.68 Å². The minimum atomic E-state index is -0.334. The Kier molecular flexibility index (Phi) is 4.73. The fourth-order valence-corrected chi connectivity index (χ4v) is 4.52. The molecule has 8 nitrogen and oxygen atoms in total. The topological polar surface area (TPSA) is 109 Å². The fourth-order valence-electron chi connectivity index (χ4n) is 4.52. The highest BCUT2D eigenvalue weighted by molar-refractivity contribution is 5.68. The molecule has 31 heavy (non-hydrogen) atoms. The van der Waals surface area contributed by atoms with Crippen LogP contribution >= 0.6 is 0 Å². The average molecular weight is 416 g/mol. The first-order valence-corrected chi connectivity index (χ1v) is 10.5. The molecule has 0 fully saturated rings. The van der Waals surface area contributed by atoms with E-state index in [4.69, 9.17) is 4.74 Å². The number of hydrogen-bond acceptors (Lipinski definition) is 7. The van der Waals surface area contributed by atoms with Crippen LogP contribution in [0, 0.1) is 11.3 Å². The van der Waals surface area contributed by atoms with Crippen molar-refractivity contribution in [2.24, 2.45) is 0 Å². The summed E-state index contributed by atoms with van der Waals surface area (Å²) in [6, 6.07) is 10.0. The summed E-state index contributed by atoms with van der Waals surface area (Å²) in [5.74, 6) is 1.11. The Morgan fingerprint density at radius 3 is 3.03 bits per heavy atom. The van der Waals surface area contributed by atoms with Gasteiger partial charge < -0.3 is 15.2 Å². The SMILES string of the molecule is CC1OCCn2nc(Nc3nccc(-c4cc(C#N)c5c(c4)C(C)(CO)CC5)n3)cc21. The zero-order valence-electron chi connectivity index (χ0n) is 17.6. The maximum Gasteiger partial charge on any atom is 0.228 e. The van der Waals surface area contributed by atoms with E-state index in [2.05, 4.69) is 32.5 Å². The molecule has 8 heteroatoms. The van der Waals surface area contributed by atoms with Gasteiger partial charge in [0.2, 0.25) is 5.95 Å². The molecular weight excluding hydrogens is 392 g/mol. The lowest BCUT2D eigenvalue weighted by Gasteiger charge is -2.23. The first-order chi connectivity index (χ1) is 15.0. The second kappa shape index (κ2) is 7.45. The zero-order chi connectivity index (χ0) is 21.6. The van der Waals surface area contributed by atoms with Crippen molar-refractivity contribution in [1.29, 1.82) is 5.26 Å². The minimum absolute atomic E-state index is 0.000652. The van der Waals surface area contributed by atoms with Crippen LogP contribution in [0.15, 0.2) is 30.5 Å². The molecule has 3 heterocycles. The Labute approximate surface area is 180 Å². The second-order valence-electron chi connectivity index (χ2n) is 8.46. The van der Waals surface area contributed by atoms with Crippen LogP contribution in [0.1, 0.15) is 48.8 Å². The third kappa shape index (κ3) is 3.36. The molecular formula is C23H24N6O2. The van der Waals surface area contributed by atoms with Gasteiger partial charge in [-0.25, -0.2) is 9.97 Å². The van der Waals surface area contributed by atoms with E-state index in [0.717, 1.165) is 41.8 Å². The van der Waals surface area contributed by atoms with Crippen LogP contribution in [0.2, 0.25) is 0 Å². The maximum atomic E-state index is 9.96. The number of hydrogen-bond donors (Lipinski definition) is 2. The Morgan fingerprint density at radius 2 is 2.26 bits per heavy atom. The van der Waals surface area contributed by atoms with E-state index >= 15 is 0 Å². The number of anilines is 2. The number of ether oxygens (including phenoxy) is 1. The van der Waals surface area contributed by atoms with Crippen molar-refractivity contribution in [2.75, 3.05) is 18.5 Å². The Hall–Kier alpha value is -3.28. The number of nitriles is 1. The highest BCUT2D eigenvalue weighted by Crippen LogP contribution is 2.42. The Bertz CT molecular complexity index is 1200.